The molecular formula is C16H16N4O4. The van der Waals surface area contributed by atoms with Crippen LogP contribution >= 0.6 is 0 Å². The van der Waals surface area contributed by atoms with Crippen LogP contribution in [0.3, 0.4) is 0 Å². The summed E-state index contributed by atoms with van der Waals surface area (Å²) < 4.78 is 5.58. The Balaban J connectivity index is 1.64. The largest absolute Gasteiger partial charge is 0.490 e. The average Bonchev–Trinajstić information content (AvgIpc) is 2.93. The molecule has 2 saturated heterocycles. The molecule has 3 aliphatic heterocycles. The van der Waals surface area contributed by atoms with Crippen molar-refractivity contribution in [3.63, 3.8) is 0 Å². The van der Waals surface area contributed by atoms with Crippen molar-refractivity contribution >= 4 is 29.7 Å². The van der Waals surface area contributed by atoms with E-state index in [4.69, 9.17) is 4.74 Å². The number of fused-ring (bicyclic) bond motifs is 1. The van der Waals surface area contributed by atoms with Crippen molar-refractivity contribution in [1.29, 1.82) is 0 Å². The van der Waals surface area contributed by atoms with Crippen molar-refractivity contribution in [3.05, 3.63) is 29.1 Å². The molecule has 24 heavy (non-hydrogen) atoms. The molecule has 1 atom stereocenters. The summed E-state index contributed by atoms with van der Waals surface area (Å²) in [6.07, 6.45) is 4.06. The van der Waals surface area contributed by atoms with E-state index in [1.807, 2.05) is 12.1 Å². The SMILES string of the molecule is O=C1NC(=O)C(C2=Cc3nc(N4CCCCC4=O)ccc3CO2)N1. The summed E-state index contributed by atoms with van der Waals surface area (Å²) in [4.78, 5) is 41.3. The Morgan fingerprint density at radius 1 is 1.21 bits per heavy atom. The van der Waals surface area contributed by atoms with Gasteiger partial charge >= 0.3 is 6.03 Å². The van der Waals surface area contributed by atoms with Gasteiger partial charge in [0.25, 0.3) is 5.91 Å². The zero-order valence-corrected chi connectivity index (χ0v) is 12.9. The fraction of sp³-hybridized carbons (Fsp3) is 0.375. The van der Waals surface area contributed by atoms with Gasteiger partial charge in [-0.25, -0.2) is 9.78 Å². The van der Waals surface area contributed by atoms with E-state index in [0.29, 0.717) is 30.2 Å². The number of nitrogens with zero attached hydrogens (tertiary/aromatic N) is 2. The molecule has 0 saturated carbocycles. The number of aromatic nitrogens is 1. The molecule has 0 bridgehead atoms. The summed E-state index contributed by atoms with van der Waals surface area (Å²) in [7, 11) is 0. The maximum atomic E-state index is 12.1. The zero-order chi connectivity index (χ0) is 16.7. The first-order chi connectivity index (χ1) is 11.6. The van der Waals surface area contributed by atoms with Crippen molar-refractivity contribution in [3.8, 4) is 0 Å². The van der Waals surface area contributed by atoms with E-state index in [-0.39, 0.29) is 12.5 Å². The molecule has 2 fully saturated rings. The van der Waals surface area contributed by atoms with Crippen LogP contribution in [-0.2, 0) is 20.9 Å². The molecule has 124 valence electrons. The van der Waals surface area contributed by atoms with Crippen LogP contribution in [0, 0.1) is 0 Å². The fourth-order valence-electron chi connectivity index (χ4n) is 3.06. The number of ether oxygens (including phenoxy) is 1. The Labute approximate surface area is 137 Å². The molecule has 1 aromatic heterocycles. The van der Waals surface area contributed by atoms with E-state index in [9.17, 15) is 14.4 Å². The topological polar surface area (TPSA) is 101 Å². The van der Waals surface area contributed by atoms with Gasteiger partial charge in [-0.15, -0.1) is 0 Å². The zero-order valence-electron chi connectivity index (χ0n) is 12.9. The second-order valence-electron chi connectivity index (χ2n) is 5.95. The number of amides is 4. The monoisotopic (exact) mass is 328 g/mol. The molecule has 0 radical (unpaired) electrons. The van der Waals surface area contributed by atoms with Crippen LogP contribution < -0.4 is 15.5 Å². The minimum absolute atomic E-state index is 0.0763. The third kappa shape index (κ3) is 2.49. The third-order valence-electron chi connectivity index (χ3n) is 4.33. The summed E-state index contributed by atoms with van der Waals surface area (Å²) in [5.74, 6) is 0.584. The van der Waals surface area contributed by atoms with Crippen LogP contribution in [-0.4, -0.2) is 35.4 Å². The van der Waals surface area contributed by atoms with Crippen molar-refractivity contribution in [2.24, 2.45) is 0 Å². The first-order valence-electron chi connectivity index (χ1n) is 7.88. The van der Waals surface area contributed by atoms with Gasteiger partial charge < -0.3 is 10.1 Å². The molecular weight excluding hydrogens is 312 g/mol. The van der Waals surface area contributed by atoms with Crippen molar-refractivity contribution in [2.75, 3.05) is 11.4 Å². The van der Waals surface area contributed by atoms with E-state index >= 15 is 0 Å². The van der Waals surface area contributed by atoms with Crippen molar-refractivity contribution in [1.82, 2.24) is 15.6 Å². The number of hydrogen-bond acceptors (Lipinski definition) is 5. The molecule has 0 spiro atoms. The highest BCUT2D eigenvalue weighted by Crippen LogP contribution is 2.27. The lowest BCUT2D eigenvalue weighted by Gasteiger charge is -2.27. The molecule has 4 rings (SSSR count). The Hall–Kier alpha value is -2.90. The van der Waals surface area contributed by atoms with Crippen molar-refractivity contribution in [2.45, 2.75) is 31.9 Å². The Morgan fingerprint density at radius 3 is 2.83 bits per heavy atom. The van der Waals surface area contributed by atoms with Gasteiger partial charge in [-0.05, 0) is 25.0 Å². The molecule has 1 aromatic rings. The average molecular weight is 328 g/mol. The quantitative estimate of drug-likeness (QED) is 0.778. The standard InChI is InChI=1S/C16H16N4O4/c21-13-3-1-2-6-20(13)12-5-4-9-8-24-11(7-10(9)17-12)14-15(22)19-16(23)18-14/h4-5,7,14H,1-3,6,8H2,(H2,18,19,22,23). The number of piperidine rings is 1. The first-order valence-corrected chi connectivity index (χ1v) is 7.88. The minimum Gasteiger partial charge on any atom is -0.490 e. The summed E-state index contributed by atoms with van der Waals surface area (Å²) >= 11 is 0. The lowest BCUT2D eigenvalue weighted by molar-refractivity contribution is -0.120. The van der Waals surface area contributed by atoms with Crippen LogP contribution in [0.15, 0.2) is 17.9 Å². The number of carbonyl (C=O) groups is 3. The number of anilines is 1. The molecule has 4 amide bonds. The Morgan fingerprint density at radius 2 is 2.08 bits per heavy atom. The molecule has 1 unspecified atom stereocenters. The summed E-state index contributed by atoms with van der Waals surface area (Å²) in [6, 6.07) is 2.31. The highest BCUT2D eigenvalue weighted by molar-refractivity contribution is 6.06. The number of rotatable bonds is 2. The molecule has 0 aliphatic carbocycles. The molecule has 2 N–H and O–H groups in total. The van der Waals surface area contributed by atoms with Crippen molar-refractivity contribution < 1.29 is 19.1 Å². The number of nitrogens with one attached hydrogen (secondary N) is 2. The van der Waals surface area contributed by atoms with Gasteiger partial charge in [0.1, 0.15) is 18.2 Å². The first kappa shape index (κ1) is 14.7. The van der Waals surface area contributed by atoms with Gasteiger partial charge in [0.05, 0.1) is 5.69 Å². The van der Waals surface area contributed by atoms with Crippen LogP contribution in [0.4, 0.5) is 10.6 Å². The number of carbonyl (C=O) groups excluding carboxylic acids is 3. The number of imide groups is 1. The lowest BCUT2D eigenvalue weighted by atomic mass is 10.1. The maximum absolute atomic E-state index is 12.1. The Bertz CT molecular complexity index is 773. The van der Waals surface area contributed by atoms with Crippen LogP contribution in [0.5, 0.6) is 0 Å². The molecule has 8 nitrogen and oxygen atoms in total. The second kappa shape index (κ2) is 5.63. The van der Waals surface area contributed by atoms with Gasteiger partial charge in [-0.1, -0.05) is 0 Å². The normalized spacial score (nSPS) is 23.2. The summed E-state index contributed by atoms with van der Waals surface area (Å²) in [5, 5.41) is 4.68. The molecule has 8 heteroatoms. The van der Waals surface area contributed by atoms with Gasteiger partial charge in [0.15, 0.2) is 6.04 Å². The smallest absolute Gasteiger partial charge is 0.322 e. The van der Waals surface area contributed by atoms with Crippen LogP contribution in [0.2, 0.25) is 0 Å². The highest BCUT2D eigenvalue weighted by atomic mass is 16.5. The van der Waals surface area contributed by atoms with Gasteiger partial charge in [-0.2, -0.15) is 0 Å². The molecule has 3 aliphatic rings. The summed E-state index contributed by atoms with van der Waals surface area (Å²) in [5.41, 5.74) is 1.53. The second-order valence-corrected chi connectivity index (χ2v) is 5.95. The minimum atomic E-state index is -0.840. The van der Waals surface area contributed by atoms with E-state index in [1.54, 1.807) is 11.0 Å². The van der Waals surface area contributed by atoms with E-state index in [2.05, 4.69) is 15.6 Å². The highest BCUT2D eigenvalue weighted by Gasteiger charge is 2.35. The molecule has 4 heterocycles. The van der Waals surface area contributed by atoms with E-state index in [0.717, 1.165) is 18.4 Å². The predicted molar refractivity (Wildman–Crippen MR) is 83.7 cm³/mol. The maximum Gasteiger partial charge on any atom is 0.322 e. The number of urea groups is 1. The number of pyridine rings is 1. The molecule has 0 aromatic carbocycles. The van der Waals surface area contributed by atoms with Crippen LogP contribution in [0.25, 0.3) is 6.08 Å². The number of hydrogen-bond donors (Lipinski definition) is 2. The fourth-order valence-corrected chi connectivity index (χ4v) is 3.06. The van der Waals surface area contributed by atoms with E-state index in [1.165, 1.54) is 0 Å². The van der Waals surface area contributed by atoms with E-state index < -0.39 is 18.0 Å². The van der Waals surface area contributed by atoms with Gasteiger partial charge in [0, 0.05) is 24.6 Å². The third-order valence-corrected chi connectivity index (χ3v) is 4.33. The summed E-state index contributed by atoms with van der Waals surface area (Å²) in [6.45, 7) is 0.931. The van der Waals surface area contributed by atoms with Crippen LogP contribution in [0.1, 0.15) is 30.5 Å². The van der Waals surface area contributed by atoms with Gasteiger partial charge in [-0.3, -0.25) is 19.8 Å². The lowest BCUT2D eigenvalue weighted by Crippen LogP contribution is -2.36. The Kier molecular flexibility index (Phi) is 3.44. The van der Waals surface area contributed by atoms with Gasteiger partial charge in [0.2, 0.25) is 5.91 Å². The predicted octanol–water partition coefficient (Wildman–Crippen LogP) is 0.678.